The number of nitrogens with two attached hydrogens (primary N) is 1. The summed E-state index contributed by atoms with van der Waals surface area (Å²) in [6, 6.07) is 13.8. The van der Waals surface area contributed by atoms with E-state index in [1.807, 2.05) is 44.2 Å². The van der Waals surface area contributed by atoms with E-state index in [0.717, 1.165) is 42.3 Å². The largest absolute Gasteiger partial charge is 0.494 e. The van der Waals surface area contributed by atoms with Gasteiger partial charge in [0.15, 0.2) is 12.6 Å². The van der Waals surface area contributed by atoms with E-state index in [0.29, 0.717) is 18.9 Å². The Kier molecular flexibility index (Phi) is 9.51. The van der Waals surface area contributed by atoms with Crippen molar-refractivity contribution in [3.05, 3.63) is 59.2 Å². The predicted molar refractivity (Wildman–Crippen MR) is 120 cm³/mol. The van der Waals surface area contributed by atoms with Crippen LogP contribution in [0.3, 0.4) is 0 Å². The number of rotatable bonds is 11. The summed E-state index contributed by atoms with van der Waals surface area (Å²) in [5.74, 6) is 1.79. The van der Waals surface area contributed by atoms with Gasteiger partial charge in [-0.3, -0.25) is 4.79 Å². The number of aryl methyl sites for hydroxylation is 1. The number of primary amides is 1. The SMILES string of the molecule is CCNC(=NCc1ccc(C)cc1OCC)NCCc1ccc(OCC(N)=O)cc1. The fourth-order valence-corrected chi connectivity index (χ4v) is 2.82. The molecular weight excluding hydrogens is 380 g/mol. The molecule has 2 aromatic carbocycles. The molecule has 0 spiro atoms. The molecule has 0 saturated carbocycles. The van der Waals surface area contributed by atoms with Crippen LogP contribution in [0.1, 0.15) is 30.5 Å². The van der Waals surface area contributed by atoms with Crippen LogP contribution in [0.15, 0.2) is 47.5 Å². The lowest BCUT2D eigenvalue weighted by Gasteiger charge is -2.13. The van der Waals surface area contributed by atoms with Crippen molar-refractivity contribution in [2.24, 2.45) is 10.7 Å². The second kappa shape index (κ2) is 12.4. The molecule has 0 fully saturated rings. The van der Waals surface area contributed by atoms with Gasteiger partial charge < -0.3 is 25.8 Å². The number of guanidine groups is 1. The second-order valence-electron chi connectivity index (χ2n) is 6.82. The Hall–Kier alpha value is -3.22. The van der Waals surface area contributed by atoms with Crippen LogP contribution in [-0.4, -0.2) is 38.2 Å². The van der Waals surface area contributed by atoms with E-state index in [9.17, 15) is 4.79 Å². The molecule has 4 N–H and O–H groups in total. The molecule has 1 amide bonds. The molecule has 0 unspecified atom stereocenters. The van der Waals surface area contributed by atoms with Crippen molar-refractivity contribution in [1.29, 1.82) is 0 Å². The molecule has 7 nitrogen and oxygen atoms in total. The zero-order valence-electron chi connectivity index (χ0n) is 18.0. The number of ether oxygens (including phenoxy) is 2. The Morgan fingerprint density at radius 3 is 2.50 bits per heavy atom. The monoisotopic (exact) mass is 412 g/mol. The third-order valence-electron chi connectivity index (χ3n) is 4.28. The van der Waals surface area contributed by atoms with Gasteiger partial charge in [0, 0.05) is 18.7 Å². The van der Waals surface area contributed by atoms with Crippen molar-refractivity contribution < 1.29 is 14.3 Å². The maximum atomic E-state index is 10.8. The van der Waals surface area contributed by atoms with Gasteiger partial charge in [-0.05, 0) is 56.5 Å². The topological polar surface area (TPSA) is 98.0 Å². The Morgan fingerprint density at radius 2 is 1.83 bits per heavy atom. The summed E-state index contributed by atoms with van der Waals surface area (Å²) in [7, 11) is 0. The summed E-state index contributed by atoms with van der Waals surface area (Å²) < 4.78 is 11.0. The molecule has 162 valence electrons. The minimum Gasteiger partial charge on any atom is -0.494 e. The maximum Gasteiger partial charge on any atom is 0.255 e. The van der Waals surface area contributed by atoms with Crippen LogP contribution in [0.5, 0.6) is 11.5 Å². The first-order valence-corrected chi connectivity index (χ1v) is 10.3. The van der Waals surface area contributed by atoms with Crippen LogP contribution < -0.4 is 25.8 Å². The van der Waals surface area contributed by atoms with E-state index in [1.54, 1.807) is 0 Å². The quantitative estimate of drug-likeness (QED) is 0.389. The van der Waals surface area contributed by atoms with E-state index in [-0.39, 0.29) is 6.61 Å². The molecule has 0 aliphatic rings. The number of hydrogen-bond acceptors (Lipinski definition) is 4. The van der Waals surface area contributed by atoms with Crippen LogP contribution >= 0.6 is 0 Å². The first kappa shape index (κ1) is 23.1. The van der Waals surface area contributed by atoms with Crippen LogP contribution in [0, 0.1) is 6.92 Å². The van der Waals surface area contributed by atoms with Crippen LogP contribution in [0.4, 0.5) is 0 Å². The van der Waals surface area contributed by atoms with Crippen molar-refractivity contribution >= 4 is 11.9 Å². The van der Waals surface area contributed by atoms with E-state index < -0.39 is 5.91 Å². The van der Waals surface area contributed by atoms with Gasteiger partial charge in [0.05, 0.1) is 13.2 Å². The Balaban J connectivity index is 1.90. The maximum absolute atomic E-state index is 10.8. The van der Waals surface area contributed by atoms with Gasteiger partial charge in [0.25, 0.3) is 5.91 Å². The smallest absolute Gasteiger partial charge is 0.255 e. The summed E-state index contributed by atoms with van der Waals surface area (Å²) in [5.41, 5.74) is 8.47. The zero-order valence-corrected chi connectivity index (χ0v) is 18.0. The molecule has 0 aliphatic heterocycles. The number of benzene rings is 2. The highest BCUT2D eigenvalue weighted by Crippen LogP contribution is 2.21. The first-order chi connectivity index (χ1) is 14.5. The molecular formula is C23H32N4O3. The average molecular weight is 413 g/mol. The van der Waals surface area contributed by atoms with Crippen molar-refractivity contribution in [3.8, 4) is 11.5 Å². The molecule has 2 aromatic rings. The van der Waals surface area contributed by atoms with Crippen molar-refractivity contribution in [2.45, 2.75) is 33.7 Å². The number of amides is 1. The molecule has 30 heavy (non-hydrogen) atoms. The number of nitrogens with one attached hydrogen (secondary N) is 2. The molecule has 0 saturated heterocycles. The molecule has 0 aliphatic carbocycles. The highest BCUT2D eigenvalue weighted by molar-refractivity contribution is 5.79. The Labute approximate surface area is 178 Å². The number of carbonyl (C=O) groups is 1. The highest BCUT2D eigenvalue weighted by atomic mass is 16.5. The minimum absolute atomic E-state index is 0.116. The summed E-state index contributed by atoms with van der Waals surface area (Å²) in [6.07, 6.45) is 0.829. The number of nitrogens with zero attached hydrogens (tertiary/aromatic N) is 1. The van der Waals surface area contributed by atoms with Crippen LogP contribution in [0.2, 0.25) is 0 Å². The summed E-state index contributed by atoms with van der Waals surface area (Å²) in [6.45, 7) is 8.65. The summed E-state index contributed by atoms with van der Waals surface area (Å²) in [5, 5.41) is 6.64. The number of carbonyl (C=O) groups excluding carboxylic acids is 1. The fraction of sp³-hybridized carbons (Fsp3) is 0.391. The third kappa shape index (κ3) is 8.03. The van der Waals surface area contributed by atoms with Gasteiger partial charge in [-0.2, -0.15) is 0 Å². The lowest BCUT2D eigenvalue weighted by molar-refractivity contribution is -0.119. The lowest BCUT2D eigenvalue weighted by atomic mass is 10.1. The standard InChI is InChI=1S/C23H32N4O3/c1-4-25-23(27-15-19-9-6-17(3)14-21(19)29-5-2)26-13-12-18-7-10-20(11-8-18)30-16-22(24)28/h6-11,14H,4-5,12-13,15-16H2,1-3H3,(H2,24,28)(H2,25,26,27). The van der Waals surface area contributed by atoms with E-state index in [2.05, 4.69) is 29.7 Å². The van der Waals surface area contributed by atoms with Gasteiger partial charge in [-0.1, -0.05) is 24.3 Å². The summed E-state index contributed by atoms with van der Waals surface area (Å²) in [4.78, 5) is 15.5. The molecule has 0 atom stereocenters. The number of aliphatic imine (C=N–C) groups is 1. The highest BCUT2D eigenvalue weighted by Gasteiger charge is 2.05. The normalized spacial score (nSPS) is 11.1. The van der Waals surface area contributed by atoms with E-state index >= 15 is 0 Å². The second-order valence-corrected chi connectivity index (χ2v) is 6.82. The van der Waals surface area contributed by atoms with Gasteiger partial charge >= 0.3 is 0 Å². The molecule has 0 bridgehead atoms. The Bertz CT molecular complexity index is 835. The van der Waals surface area contributed by atoms with E-state index in [4.69, 9.17) is 20.2 Å². The summed E-state index contributed by atoms with van der Waals surface area (Å²) >= 11 is 0. The van der Waals surface area contributed by atoms with Crippen molar-refractivity contribution in [2.75, 3.05) is 26.3 Å². The Morgan fingerprint density at radius 1 is 1.07 bits per heavy atom. The molecule has 0 heterocycles. The first-order valence-electron chi connectivity index (χ1n) is 10.3. The lowest BCUT2D eigenvalue weighted by Crippen LogP contribution is -2.38. The number of hydrogen-bond donors (Lipinski definition) is 3. The van der Waals surface area contributed by atoms with Crippen LogP contribution in [-0.2, 0) is 17.8 Å². The van der Waals surface area contributed by atoms with Gasteiger partial charge in [-0.15, -0.1) is 0 Å². The van der Waals surface area contributed by atoms with Crippen molar-refractivity contribution in [1.82, 2.24) is 10.6 Å². The molecule has 7 heteroatoms. The zero-order chi connectivity index (χ0) is 21.8. The molecule has 0 aromatic heterocycles. The minimum atomic E-state index is -0.488. The fourth-order valence-electron chi connectivity index (χ4n) is 2.82. The average Bonchev–Trinajstić information content (AvgIpc) is 2.72. The van der Waals surface area contributed by atoms with E-state index in [1.165, 1.54) is 5.56 Å². The van der Waals surface area contributed by atoms with Crippen LogP contribution in [0.25, 0.3) is 0 Å². The molecule has 0 radical (unpaired) electrons. The van der Waals surface area contributed by atoms with Gasteiger partial charge in [-0.25, -0.2) is 4.99 Å². The third-order valence-corrected chi connectivity index (χ3v) is 4.28. The van der Waals surface area contributed by atoms with Crippen molar-refractivity contribution in [3.63, 3.8) is 0 Å². The predicted octanol–water partition coefficient (Wildman–Crippen LogP) is 2.56. The van der Waals surface area contributed by atoms with Gasteiger partial charge in [0.2, 0.25) is 0 Å². The van der Waals surface area contributed by atoms with Gasteiger partial charge in [0.1, 0.15) is 11.5 Å². The molecule has 2 rings (SSSR count).